The fourth-order valence-corrected chi connectivity index (χ4v) is 3.26. The van der Waals surface area contributed by atoms with Crippen LogP contribution < -0.4 is 10.1 Å². The molecule has 0 radical (unpaired) electrons. The van der Waals surface area contributed by atoms with Gasteiger partial charge in [-0.3, -0.25) is 4.79 Å². The van der Waals surface area contributed by atoms with Crippen molar-refractivity contribution in [3.05, 3.63) is 65.0 Å². The van der Waals surface area contributed by atoms with Gasteiger partial charge in [0.2, 0.25) is 5.91 Å². The third kappa shape index (κ3) is 4.60. The highest BCUT2D eigenvalue weighted by molar-refractivity contribution is 5.84. The number of carbonyl (C=O) groups excluding carboxylic acids is 2. The Balaban J connectivity index is 1.49. The van der Waals surface area contributed by atoms with E-state index < -0.39 is 5.82 Å². The van der Waals surface area contributed by atoms with Crippen LogP contribution in [-0.2, 0) is 24.3 Å². The predicted octanol–water partition coefficient (Wildman–Crippen LogP) is 2.56. The highest BCUT2D eigenvalue weighted by Gasteiger charge is 2.21. The van der Waals surface area contributed by atoms with Crippen molar-refractivity contribution in [1.29, 1.82) is 0 Å². The summed E-state index contributed by atoms with van der Waals surface area (Å²) in [7, 11) is 2.99. The van der Waals surface area contributed by atoms with Crippen LogP contribution in [0.1, 0.15) is 16.7 Å². The Kier molecular flexibility index (Phi) is 6.13. The van der Waals surface area contributed by atoms with Crippen molar-refractivity contribution in [2.24, 2.45) is 0 Å². The number of hydrogen-bond donors (Lipinski definition) is 1. The molecule has 0 aliphatic carbocycles. The van der Waals surface area contributed by atoms with Gasteiger partial charge in [-0.2, -0.15) is 0 Å². The van der Waals surface area contributed by atoms with E-state index >= 15 is 0 Å². The number of fused-ring (bicyclic) bond motifs is 1. The summed E-state index contributed by atoms with van der Waals surface area (Å²) in [5.74, 6) is -0.439. The zero-order valence-corrected chi connectivity index (χ0v) is 16.1. The van der Waals surface area contributed by atoms with E-state index in [-0.39, 0.29) is 30.8 Å². The van der Waals surface area contributed by atoms with Crippen LogP contribution in [0.15, 0.2) is 42.5 Å². The molecule has 0 fully saturated rings. The van der Waals surface area contributed by atoms with Crippen molar-refractivity contribution >= 4 is 11.9 Å². The van der Waals surface area contributed by atoms with E-state index in [1.54, 1.807) is 18.0 Å². The average molecular weight is 385 g/mol. The Bertz CT molecular complexity index is 872. The van der Waals surface area contributed by atoms with Crippen LogP contribution in [0.4, 0.5) is 9.18 Å². The fourth-order valence-electron chi connectivity index (χ4n) is 3.26. The van der Waals surface area contributed by atoms with Crippen molar-refractivity contribution < 1.29 is 18.7 Å². The third-order valence-corrected chi connectivity index (χ3v) is 4.86. The number of benzene rings is 2. The second-order valence-corrected chi connectivity index (χ2v) is 6.82. The van der Waals surface area contributed by atoms with Crippen molar-refractivity contribution in [2.75, 3.05) is 27.2 Å². The van der Waals surface area contributed by atoms with E-state index in [4.69, 9.17) is 4.74 Å². The van der Waals surface area contributed by atoms with Gasteiger partial charge in [-0.1, -0.05) is 30.3 Å². The molecule has 3 rings (SSSR count). The van der Waals surface area contributed by atoms with Crippen LogP contribution in [0.5, 0.6) is 5.75 Å². The SMILES string of the molecule is COc1ccc(CN(C)C(=O)NCC(=O)N2CCc3ccccc3C2)cc1F. The lowest BCUT2D eigenvalue weighted by Crippen LogP contribution is -2.45. The largest absolute Gasteiger partial charge is 0.494 e. The molecule has 0 saturated carbocycles. The van der Waals surface area contributed by atoms with Gasteiger partial charge in [0.1, 0.15) is 0 Å². The Morgan fingerprint density at radius 2 is 1.96 bits per heavy atom. The van der Waals surface area contributed by atoms with E-state index in [1.807, 2.05) is 18.2 Å². The summed E-state index contributed by atoms with van der Waals surface area (Å²) in [5, 5.41) is 2.64. The molecule has 2 aromatic carbocycles. The Morgan fingerprint density at radius 3 is 2.68 bits per heavy atom. The number of rotatable bonds is 5. The Hall–Kier alpha value is -3.09. The van der Waals surface area contributed by atoms with Crippen LogP contribution in [0.3, 0.4) is 0 Å². The minimum Gasteiger partial charge on any atom is -0.494 e. The molecule has 6 nitrogen and oxygen atoms in total. The molecule has 148 valence electrons. The van der Waals surface area contributed by atoms with E-state index in [0.717, 1.165) is 12.0 Å². The van der Waals surface area contributed by atoms with Gasteiger partial charge in [-0.25, -0.2) is 9.18 Å². The van der Waals surface area contributed by atoms with E-state index in [1.165, 1.54) is 29.7 Å². The van der Waals surface area contributed by atoms with E-state index in [9.17, 15) is 14.0 Å². The predicted molar refractivity (Wildman–Crippen MR) is 103 cm³/mol. The molecule has 1 aliphatic rings. The highest BCUT2D eigenvalue weighted by Crippen LogP contribution is 2.19. The summed E-state index contributed by atoms with van der Waals surface area (Å²) >= 11 is 0. The normalized spacial score (nSPS) is 12.9. The summed E-state index contributed by atoms with van der Waals surface area (Å²) < 4.78 is 18.7. The molecule has 0 aromatic heterocycles. The van der Waals surface area contributed by atoms with Crippen molar-refractivity contribution in [1.82, 2.24) is 15.1 Å². The first-order valence-electron chi connectivity index (χ1n) is 9.14. The lowest BCUT2D eigenvalue weighted by Gasteiger charge is -2.29. The van der Waals surface area contributed by atoms with Crippen molar-refractivity contribution in [3.8, 4) is 5.75 Å². The van der Waals surface area contributed by atoms with Crippen molar-refractivity contribution in [2.45, 2.75) is 19.5 Å². The molecule has 0 atom stereocenters. The standard InChI is InChI=1S/C21H24FN3O3/c1-24(13-15-7-8-19(28-2)18(22)11-15)21(27)23-12-20(26)25-10-9-16-5-3-4-6-17(16)14-25/h3-8,11H,9-10,12-14H2,1-2H3,(H,23,27). The van der Waals surface area contributed by atoms with Crippen molar-refractivity contribution in [3.63, 3.8) is 0 Å². The first-order chi connectivity index (χ1) is 13.5. The number of nitrogens with zero attached hydrogens (tertiary/aromatic N) is 2. The summed E-state index contributed by atoms with van der Waals surface area (Å²) in [6, 6.07) is 12.2. The summed E-state index contributed by atoms with van der Waals surface area (Å²) in [6.07, 6.45) is 0.818. The maximum absolute atomic E-state index is 13.8. The number of nitrogens with one attached hydrogen (secondary N) is 1. The molecule has 0 saturated heterocycles. The number of methoxy groups -OCH3 is 1. The van der Waals surface area contributed by atoms with Crippen LogP contribution in [-0.4, -0.2) is 49.0 Å². The molecule has 7 heteroatoms. The van der Waals surface area contributed by atoms with Gasteiger partial charge in [0.15, 0.2) is 11.6 Å². The number of urea groups is 1. The minimum atomic E-state index is -0.477. The first-order valence-corrected chi connectivity index (χ1v) is 9.14. The molecule has 1 N–H and O–H groups in total. The smallest absolute Gasteiger partial charge is 0.317 e. The van der Waals surface area contributed by atoms with Gasteiger partial charge in [-0.05, 0) is 35.2 Å². The van der Waals surface area contributed by atoms with Crippen LogP contribution in [0.2, 0.25) is 0 Å². The zero-order chi connectivity index (χ0) is 20.1. The fraction of sp³-hybridized carbons (Fsp3) is 0.333. The number of hydrogen-bond acceptors (Lipinski definition) is 3. The molecular weight excluding hydrogens is 361 g/mol. The molecule has 3 amide bonds. The molecular formula is C21H24FN3O3. The second-order valence-electron chi connectivity index (χ2n) is 6.82. The second kappa shape index (κ2) is 8.73. The lowest BCUT2D eigenvalue weighted by atomic mass is 10.00. The number of carbonyl (C=O) groups is 2. The van der Waals surface area contributed by atoms with E-state index in [0.29, 0.717) is 18.7 Å². The zero-order valence-electron chi connectivity index (χ0n) is 16.1. The van der Waals surface area contributed by atoms with Gasteiger partial charge in [0, 0.05) is 26.7 Å². The number of halogens is 1. The van der Waals surface area contributed by atoms with Gasteiger partial charge in [0.05, 0.1) is 13.7 Å². The van der Waals surface area contributed by atoms with Crippen LogP contribution >= 0.6 is 0 Å². The molecule has 0 unspecified atom stereocenters. The van der Waals surface area contributed by atoms with E-state index in [2.05, 4.69) is 11.4 Å². The van der Waals surface area contributed by atoms with Gasteiger partial charge in [-0.15, -0.1) is 0 Å². The van der Waals surface area contributed by atoms with Gasteiger partial charge < -0.3 is 19.9 Å². The molecule has 0 spiro atoms. The lowest BCUT2D eigenvalue weighted by molar-refractivity contribution is -0.131. The molecule has 0 bridgehead atoms. The summed E-state index contributed by atoms with van der Waals surface area (Å²) in [5.41, 5.74) is 3.05. The van der Waals surface area contributed by atoms with Gasteiger partial charge in [0.25, 0.3) is 0 Å². The number of ether oxygens (including phenoxy) is 1. The minimum absolute atomic E-state index is 0.0671. The highest BCUT2D eigenvalue weighted by atomic mass is 19.1. The molecule has 2 aromatic rings. The van der Waals surface area contributed by atoms with Crippen LogP contribution in [0.25, 0.3) is 0 Å². The molecule has 1 heterocycles. The quantitative estimate of drug-likeness (QED) is 0.861. The maximum atomic E-state index is 13.8. The topological polar surface area (TPSA) is 61.9 Å². The number of amides is 3. The monoisotopic (exact) mass is 385 g/mol. The van der Waals surface area contributed by atoms with Gasteiger partial charge >= 0.3 is 6.03 Å². The average Bonchev–Trinajstić information content (AvgIpc) is 2.71. The molecule has 28 heavy (non-hydrogen) atoms. The third-order valence-electron chi connectivity index (χ3n) is 4.86. The summed E-state index contributed by atoms with van der Waals surface area (Å²) in [4.78, 5) is 27.9. The Morgan fingerprint density at radius 1 is 1.21 bits per heavy atom. The summed E-state index contributed by atoms with van der Waals surface area (Å²) in [6.45, 7) is 1.36. The maximum Gasteiger partial charge on any atom is 0.317 e. The van der Waals surface area contributed by atoms with Crippen LogP contribution in [0, 0.1) is 5.82 Å². The first kappa shape index (κ1) is 19.7. The molecule has 1 aliphatic heterocycles. The Labute approximate surface area is 163 Å².